The maximum atomic E-state index is 11.7. The molecule has 0 unspecified atom stereocenters. The van der Waals surface area contributed by atoms with Crippen molar-refractivity contribution >= 4 is 34.7 Å². The summed E-state index contributed by atoms with van der Waals surface area (Å²) < 4.78 is 22.4. The Morgan fingerprint density at radius 3 is 2.74 bits per heavy atom. The van der Waals surface area contributed by atoms with Crippen molar-refractivity contribution in [1.29, 1.82) is 0 Å². The first-order valence-corrected chi connectivity index (χ1v) is 12.3. The van der Waals surface area contributed by atoms with Gasteiger partial charge in [0.25, 0.3) is 0 Å². The van der Waals surface area contributed by atoms with Crippen molar-refractivity contribution in [2.24, 2.45) is 5.10 Å². The highest BCUT2D eigenvalue weighted by Gasteiger charge is 2.40. The number of fused-ring (bicyclic) bond motifs is 1. The normalized spacial score (nSPS) is 17.1. The van der Waals surface area contributed by atoms with Gasteiger partial charge in [0, 0.05) is 23.7 Å². The van der Waals surface area contributed by atoms with Crippen LogP contribution in [0.3, 0.4) is 0 Å². The lowest BCUT2D eigenvalue weighted by Crippen LogP contribution is -2.44. The Bertz CT molecular complexity index is 1100. The number of nitrogens with zero attached hydrogens (tertiary/aromatic N) is 1. The lowest BCUT2D eigenvalue weighted by atomic mass is 9.78. The number of hydrogen-bond acceptors (Lipinski definition) is 7. The van der Waals surface area contributed by atoms with Gasteiger partial charge in [0.15, 0.2) is 11.7 Å². The van der Waals surface area contributed by atoms with Gasteiger partial charge in [-0.1, -0.05) is 12.5 Å². The monoisotopic (exact) mass is 497 g/mol. The zero-order valence-corrected chi connectivity index (χ0v) is 20.9. The molecule has 35 heavy (non-hydrogen) atoms. The summed E-state index contributed by atoms with van der Waals surface area (Å²) in [5.74, 6) is 1.63. The van der Waals surface area contributed by atoms with E-state index in [0.29, 0.717) is 23.9 Å². The SMILES string of the molecule is CCOC(=O)COc1ccc2c(c1)C(=NNC(=S)Nc1cccc(OC)c1)CC1(CCCCC1)O2. The van der Waals surface area contributed by atoms with E-state index in [1.54, 1.807) is 20.1 Å². The Balaban J connectivity index is 1.53. The number of carbonyl (C=O) groups is 1. The second kappa shape index (κ2) is 11.4. The average molecular weight is 498 g/mol. The molecule has 2 N–H and O–H groups in total. The maximum Gasteiger partial charge on any atom is 0.344 e. The van der Waals surface area contributed by atoms with Gasteiger partial charge in [-0.2, -0.15) is 5.10 Å². The number of thiocarbonyl (C=S) groups is 1. The van der Waals surface area contributed by atoms with Crippen molar-refractivity contribution in [3.8, 4) is 17.2 Å². The fourth-order valence-corrected chi connectivity index (χ4v) is 4.64. The highest BCUT2D eigenvalue weighted by molar-refractivity contribution is 7.80. The van der Waals surface area contributed by atoms with Crippen LogP contribution in [0.5, 0.6) is 17.2 Å². The molecule has 0 aromatic heterocycles. The molecule has 1 fully saturated rings. The fourth-order valence-electron chi connectivity index (χ4n) is 4.48. The number of benzene rings is 2. The third-order valence-corrected chi connectivity index (χ3v) is 6.32. The zero-order chi connectivity index (χ0) is 24.7. The summed E-state index contributed by atoms with van der Waals surface area (Å²) in [5.41, 5.74) is 5.18. The molecule has 8 nitrogen and oxygen atoms in total. The van der Waals surface area contributed by atoms with Gasteiger partial charge in [0.05, 0.1) is 19.4 Å². The Morgan fingerprint density at radius 2 is 1.97 bits per heavy atom. The molecule has 0 saturated heterocycles. The van der Waals surface area contributed by atoms with E-state index in [2.05, 4.69) is 15.8 Å². The lowest BCUT2D eigenvalue weighted by Gasteiger charge is -2.41. The van der Waals surface area contributed by atoms with Gasteiger partial charge < -0.3 is 24.3 Å². The predicted molar refractivity (Wildman–Crippen MR) is 139 cm³/mol. The molecule has 1 heterocycles. The number of anilines is 1. The van der Waals surface area contributed by atoms with E-state index in [4.69, 9.17) is 31.2 Å². The number of hydrogen-bond donors (Lipinski definition) is 2. The second-order valence-corrected chi connectivity index (χ2v) is 9.04. The molecular formula is C26H31N3O5S. The van der Waals surface area contributed by atoms with Crippen molar-refractivity contribution in [3.05, 3.63) is 48.0 Å². The number of methoxy groups -OCH3 is 1. The van der Waals surface area contributed by atoms with Crippen molar-refractivity contribution in [2.45, 2.75) is 51.0 Å². The van der Waals surface area contributed by atoms with Crippen LogP contribution in [-0.2, 0) is 9.53 Å². The number of hydrazone groups is 1. The fraction of sp³-hybridized carbons (Fsp3) is 0.423. The Hall–Kier alpha value is -3.33. The van der Waals surface area contributed by atoms with Crippen LogP contribution in [0, 0.1) is 0 Å². The highest BCUT2D eigenvalue weighted by Crippen LogP contribution is 2.43. The Labute approximate surface area is 211 Å². The molecule has 0 atom stereocenters. The van der Waals surface area contributed by atoms with Gasteiger partial charge >= 0.3 is 5.97 Å². The van der Waals surface area contributed by atoms with E-state index < -0.39 is 5.97 Å². The summed E-state index contributed by atoms with van der Waals surface area (Å²) in [6.45, 7) is 1.92. The first-order chi connectivity index (χ1) is 17.0. The van der Waals surface area contributed by atoms with E-state index in [1.165, 1.54) is 6.42 Å². The Kier molecular flexibility index (Phi) is 8.07. The molecule has 1 aliphatic carbocycles. The predicted octanol–water partition coefficient (Wildman–Crippen LogP) is 4.81. The number of nitrogens with one attached hydrogen (secondary N) is 2. The molecule has 2 aliphatic rings. The summed E-state index contributed by atoms with van der Waals surface area (Å²) >= 11 is 5.47. The van der Waals surface area contributed by atoms with Gasteiger partial charge in [0.1, 0.15) is 22.8 Å². The van der Waals surface area contributed by atoms with Crippen molar-refractivity contribution < 1.29 is 23.7 Å². The van der Waals surface area contributed by atoms with Crippen LogP contribution in [0.15, 0.2) is 47.6 Å². The molecule has 9 heteroatoms. The summed E-state index contributed by atoms with van der Waals surface area (Å²) in [7, 11) is 1.62. The van der Waals surface area contributed by atoms with Crippen LogP contribution < -0.4 is 25.0 Å². The summed E-state index contributed by atoms with van der Waals surface area (Å²) in [4.78, 5) is 11.7. The summed E-state index contributed by atoms with van der Waals surface area (Å²) in [6.07, 6.45) is 6.12. The lowest BCUT2D eigenvalue weighted by molar-refractivity contribution is -0.145. The van der Waals surface area contributed by atoms with Crippen LogP contribution in [0.25, 0.3) is 0 Å². The molecule has 1 saturated carbocycles. The van der Waals surface area contributed by atoms with Crippen LogP contribution in [0.1, 0.15) is 51.0 Å². The summed E-state index contributed by atoms with van der Waals surface area (Å²) in [6, 6.07) is 13.0. The van der Waals surface area contributed by atoms with Gasteiger partial charge in [0.2, 0.25) is 0 Å². The van der Waals surface area contributed by atoms with Crippen molar-refractivity contribution in [2.75, 3.05) is 25.6 Å². The highest BCUT2D eigenvalue weighted by atomic mass is 32.1. The van der Waals surface area contributed by atoms with E-state index in [1.807, 2.05) is 36.4 Å². The third-order valence-electron chi connectivity index (χ3n) is 6.12. The molecule has 0 bridgehead atoms. The molecule has 186 valence electrons. The van der Waals surface area contributed by atoms with E-state index in [-0.39, 0.29) is 12.2 Å². The number of rotatable bonds is 7. The second-order valence-electron chi connectivity index (χ2n) is 8.63. The molecule has 4 rings (SSSR count). The molecule has 0 radical (unpaired) electrons. The number of esters is 1. The zero-order valence-electron chi connectivity index (χ0n) is 20.1. The van der Waals surface area contributed by atoms with Crippen molar-refractivity contribution in [1.82, 2.24) is 5.43 Å². The van der Waals surface area contributed by atoms with E-state index in [0.717, 1.165) is 54.1 Å². The van der Waals surface area contributed by atoms with Gasteiger partial charge in [-0.3, -0.25) is 5.43 Å². The molecule has 2 aromatic rings. The summed E-state index contributed by atoms with van der Waals surface area (Å²) in [5, 5.41) is 8.18. The molecule has 1 aliphatic heterocycles. The first-order valence-electron chi connectivity index (χ1n) is 11.9. The van der Waals surface area contributed by atoms with Crippen LogP contribution in [0.4, 0.5) is 5.69 Å². The minimum Gasteiger partial charge on any atom is -0.497 e. The van der Waals surface area contributed by atoms with Crippen LogP contribution >= 0.6 is 12.2 Å². The topological polar surface area (TPSA) is 90.4 Å². The minimum atomic E-state index is -0.410. The quantitative estimate of drug-likeness (QED) is 0.320. The standard InChI is InChI=1S/C26H31N3O5S/c1-3-32-24(30)17-33-20-10-11-23-21(15-20)22(16-26(34-23)12-5-4-6-13-26)28-29-25(35)27-18-8-7-9-19(14-18)31-2/h7-11,14-15H,3-6,12-13,16-17H2,1-2H3,(H2,27,29,35). The minimum absolute atomic E-state index is 0.156. The largest absolute Gasteiger partial charge is 0.497 e. The Morgan fingerprint density at radius 1 is 1.14 bits per heavy atom. The van der Waals surface area contributed by atoms with E-state index >= 15 is 0 Å². The molecular weight excluding hydrogens is 466 g/mol. The maximum absolute atomic E-state index is 11.7. The molecule has 1 spiro atoms. The van der Waals surface area contributed by atoms with E-state index in [9.17, 15) is 4.79 Å². The van der Waals surface area contributed by atoms with Crippen LogP contribution in [0.2, 0.25) is 0 Å². The molecule has 0 amide bonds. The van der Waals surface area contributed by atoms with Gasteiger partial charge in [-0.05, 0) is 75.2 Å². The van der Waals surface area contributed by atoms with Gasteiger partial charge in [-0.15, -0.1) is 0 Å². The number of carbonyl (C=O) groups excluding carboxylic acids is 1. The first kappa shape index (κ1) is 24.8. The smallest absolute Gasteiger partial charge is 0.344 e. The van der Waals surface area contributed by atoms with Crippen LogP contribution in [-0.4, -0.2) is 42.7 Å². The number of ether oxygens (including phenoxy) is 4. The third kappa shape index (κ3) is 6.42. The van der Waals surface area contributed by atoms with Gasteiger partial charge in [-0.25, -0.2) is 4.79 Å². The molecule has 2 aromatic carbocycles. The van der Waals surface area contributed by atoms with Crippen molar-refractivity contribution in [3.63, 3.8) is 0 Å². The average Bonchev–Trinajstić information content (AvgIpc) is 2.87.